The van der Waals surface area contributed by atoms with Crippen LogP contribution >= 0.6 is 0 Å². The van der Waals surface area contributed by atoms with Crippen LogP contribution in [0.2, 0.25) is 0 Å². The summed E-state index contributed by atoms with van der Waals surface area (Å²) in [4.78, 5) is 12.4. The van der Waals surface area contributed by atoms with E-state index >= 15 is 0 Å². The Bertz CT molecular complexity index is 1190. The highest BCUT2D eigenvalue weighted by Gasteiger charge is 2.40. The van der Waals surface area contributed by atoms with Crippen molar-refractivity contribution in [2.45, 2.75) is 29.6 Å². The maximum atomic E-state index is 13.5. The number of halogens is 4. The first kappa shape index (κ1) is 23.8. The van der Waals surface area contributed by atoms with E-state index in [1.807, 2.05) is 0 Å². The monoisotopic (exact) mass is 477 g/mol. The summed E-state index contributed by atoms with van der Waals surface area (Å²) < 4.78 is 86.8. The van der Waals surface area contributed by atoms with E-state index in [1.165, 1.54) is 14.0 Å². The summed E-state index contributed by atoms with van der Waals surface area (Å²) in [6, 6.07) is 0.771. The lowest BCUT2D eigenvalue weighted by molar-refractivity contribution is -0.139. The molecule has 0 spiro atoms. The van der Waals surface area contributed by atoms with E-state index < -0.39 is 50.0 Å². The van der Waals surface area contributed by atoms with Crippen LogP contribution in [0, 0.1) is 5.82 Å². The van der Waals surface area contributed by atoms with Crippen LogP contribution in [0.4, 0.5) is 23.2 Å². The summed E-state index contributed by atoms with van der Waals surface area (Å²) >= 11 is 0. The lowest BCUT2D eigenvalue weighted by atomic mass is 9.98. The molecule has 1 aliphatic heterocycles. The Morgan fingerprint density at radius 1 is 1.41 bits per heavy atom. The minimum atomic E-state index is -4.98. The van der Waals surface area contributed by atoms with Crippen molar-refractivity contribution < 1.29 is 40.6 Å². The van der Waals surface area contributed by atoms with Crippen molar-refractivity contribution in [2.75, 3.05) is 11.9 Å². The summed E-state index contributed by atoms with van der Waals surface area (Å²) in [6.45, 7) is 4.39. The molecule has 1 aliphatic rings. The molecule has 1 amide bonds. The number of hydrogen-bond donors (Lipinski definition) is 3. The largest absolute Gasteiger partial charge is 0.488 e. The molecule has 0 bridgehead atoms. The lowest BCUT2D eigenvalue weighted by Gasteiger charge is -2.28. The zero-order chi connectivity index (χ0) is 24.1. The van der Waals surface area contributed by atoms with E-state index in [9.17, 15) is 35.9 Å². The first-order valence-corrected chi connectivity index (χ1v) is 10.5. The van der Waals surface area contributed by atoms with Crippen LogP contribution in [-0.2, 0) is 23.2 Å². The summed E-state index contributed by atoms with van der Waals surface area (Å²) in [6.07, 6.45) is -2.77. The van der Waals surface area contributed by atoms with Gasteiger partial charge in [0.15, 0.2) is 11.4 Å². The molecule has 1 aromatic heterocycles. The van der Waals surface area contributed by atoms with Crippen LogP contribution in [0.5, 0.6) is 5.75 Å². The minimum Gasteiger partial charge on any atom is -0.488 e. The fourth-order valence-corrected chi connectivity index (χ4v) is 4.57. The number of anilines is 1. The third-order valence-electron chi connectivity index (χ3n) is 4.95. The quantitative estimate of drug-likeness (QED) is 0.463. The third-order valence-corrected chi connectivity index (χ3v) is 6.41. The van der Waals surface area contributed by atoms with Gasteiger partial charge in [-0.05, 0) is 25.1 Å². The number of fused-ring (bicyclic) bond motifs is 1. The fourth-order valence-electron chi connectivity index (χ4n) is 3.06. The van der Waals surface area contributed by atoms with Crippen molar-refractivity contribution in [2.24, 2.45) is 7.05 Å². The number of amides is 1. The number of hydrogen-bond acceptors (Lipinski definition) is 5. The molecule has 2 aromatic rings. The average Bonchev–Trinajstić information content (AvgIpc) is 2.96. The predicted octanol–water partition coefficient (Wildman–Crippen LogP) is 2.41. The first-order valence-electron chi connectivity index (χ1n) is 9.06. The van der Waals surface area contributed by atoms with Gasteiger partial charge in [-0.2, -0.15) is 13.2 Å². The molecule has 0 saturated heterocycles. The molecule has 2 atom stereocenters. The molecule has 2 heterocycles. The van der Waals surface area contributed by atoms with Gasteiger partial charge in [-0.3, -0.25) is 4.79 Å². The Morgan fingerprint density at radius 3 is 2.66 bits per heavy atom. The molecule has 3 rings (SSSR count). The topological polar surface area (TPSA) is 110 Å². The highest BCUT2D eigenvalue weighted by atomic mass is 32.2. The summed E-state index contributed by atoms with van der Waals surface area (Å²) in [5.41, 5.74) is -3.91. The standard InChI is InChI=1S/C19H19F4N3O5S/c1-4-18(2,28)14-9-31-16-13(32(29,30)25-14)8-26(3)15(16)17(27)24-10-5-6-12(20)11(7-10)19(21,22)23/h4-8,14,25,28H,1,9H2,2-3H3,(H,24,27)/t14-,18+/m1/s1. The Balaban J connectivity index is 1.98. The van der Waals surface area contributed by atoms with Gasteiger partial charge >= 0.3 is 6.18 Å². The molecule has 0 unspecified atom stereocenters. The van der Waals surface area contributed by atoms with Crippen LogP contribution < -0.4 is 14.8 Å². The van der Waals surface area contributed by atoms with Gasteiger partial charge in [0.25, 0.3) is 5.91 Å². The van der Waals surface area contributed by atoms with Crippen LogP contribution in [-0.4, -0.2) is 42.2 Å². The number of alkyl halides is 3. The number of ether oxygens (including phenoxy) is 1. The number of carbonyl (C=O) groups is 1. The van der Waals surface area contributed by atoms with Gasteiger partial charge in [0.05, 0.1) is 17.2 Å². The normalized spacial score (nSPS) is 19.8. The third kappa shape index (κ3) is 4.36. The molecule has 32 heavy (non-hydrogen) atoms. The lowest BCUT2D eigenvalue weighted by Crippen LogP contribution is -2.51. The van der Waals surface area contributed by atoms with Crippen molar-refractivity contribution in [3.63, 3.8) is 0 Å². The summed E-state index contributed by atoms with van der Waals surface area (Å²) in [5.74, 6) is -2.85. The van der Waals surface area contributed by atoms with E-state index in [0.717, 1.165) is 22.9 Å². The van der Waals surface area contributed by atoms with Crippen molar-refractivity contribution in [1.29, 1.82) is 0 Å². The number of rotatable bonds is 4. The minimum absolute atomic E-state index is 0.304. The molecule has 1 aromatic carbocycles. The summed E-state index contributed by atoms with van der Waals surface area (Å²) in [5, 5.41) is 12.5. The van der Waals surface area contributed by atoms with Crippen LogP contribution in [0.1, 0.15) is 23.0 Å². The van der Waals surface area contributed by atoms with Crippen molar-refractivity contribution in [1.82, 2.24) is 9.29 Å². The molecule has 0 radical (unpaired) electrons. The Labute approximate surface area is 180 Å². The molecule has 3 N–H and O–H groups in total. The second-order valence-electron chi connectivity index (χ2n) is 7.34. The molecular formula is C19H19F4N3O5S. The van der Waals surface area contributed by atoms with Gasteiger partial charge in [-0.1, -0.05) is 6.08 Å². The number of carbonyl (C=O) groups excluding carboxylic acids is 1. The Morgan fingerprint density at radius 2 is 2.06 bits per heavy atom. The number of aromatic nitrogens is 1. The molecular weight excluding hydrogens is 458 g/mol. The van der Waals surface area contributed by atoms with Crippen molar-refractivity contribution in [3.05, 3.63) is 54.1 Å². The average molecular weight is 477 g/mol. The molecule has 8 nitrogen and oxygen atoms in total. The highest BCUT2D eigenvalue weighted by molar-refractivity contribution is 7.89. The fraction of sp³-hybridized carbons (Fsp3) is 0.316. The molecule has 0 fully saturated rings. The van der Waals surface area contributed by atoms with Gasteiger partial charge in [0.2, 0.25) is 10.0 Å². The number of aliphatic hydroxyl groups is 1. The second-order valence-corrected chi connectivity index (χ2v) is 9.03. The highest BCUT2D eigenvalue weighted by Crippen LogP contribution is 2.35. The maximum Gasteiger partial charge on any atom is 0.419 e. The second kappa shape index (κ2) is 7.90. The van der Waals surface area contributed by atoms with Gasteiger partial charge < -0.3 is 19.7 Å². The molecule has 0 aliphatic carbocycles. The zero-order valence-corrected chi connectivity index (χ0v) is 17.6. The van der Waals surface area contributed by atoms with Crippen LogP contribution in [0.3, 0.4) is 0 Å². The SMILES string of the molecule is C=C[C@](C)(O)[C@H]1COc2c(cn(C)c2C(=O)Nc2ccc(F)c(C(F)(F)F)c2)S(=O)(=O)N1. The zero-order valence-electron chi connectivity index (χ0n) is 16.8. The Hall–Kier alpha value is -2.90. The van der Waals surface area contributed by atoms with Crippen molar-refractivity contribution >= 4 is 21.6 Å². The number of nitrogens with one attached hydrogen (secondary N) is 2. The van der Waals surface area contributed by atoms with Gasteiger partial charge in [-0.25, -0.2) is 17.5 Å². The van der Waals surface area contributed by atoms with E-state index in [0.29, 0.717) is 12.1 Å². The van der Waals surface area contributed by atoms with Gasteiger partial charge in [0.1, 0.15) is 17.3 Å². The maximum absolute atomic E-state index is 13.5. The van der Waals surface area contributed by atoms with Gasteiger partial charge in [-0.15, -0.1) is 6.58 Å². The number of benzene rings is 1. The van der Waals surface area contributed by atoms with Crippen molar-refractivity contribution in [3.8, 4) is 5.75 Å². The molecule has 0 saturated carbocycles. The number of sulfonamides is 1. The molecule has 13 heteroatoms. The number of aryl methyl sites for hydroxylation is 1. The molecule has 174 valence electrons. The first-order chi connectivity index (χ1) is 14.7. The van der Waals surface area contributed by atoms with E-state index in [4.69, 9.17) is 4.74 Å². The smallest absolute Gasteiger partial charge is 0.419 e. The van der Waals surface area contributed by atoms with Crippen LogP contribution in [0.25, 0.3) is 0 Å². The van der Waals surface area contributed by atoms with E-state index in [-0.39, 0.29) is 23.7 Å². The van der Waals surface area contributed by atoms with E-state index in [2.05, 4.69) is 16.6 Å². The predicted molar refractivity (Wildman–Crippen MR) is 105 cm³/mol. The van der Waals surface area contributed by atoms with Crippen LogP contribution in [0.15, 0.2) is 41.9 Å². The Kier molecular flexibility index (Phi) is 5.87. The van der Waals surface area contributed by atoms with Gasteiger partial charge in [0, 0.05) is 18.9 Å². The van der Waals surface area contributed by atoms with E-state index in [1.54, 1.807) is 0 Å². The number of nitrogens with zero attached hydrogens (tertiary/aromatic N) is 1. The summed E-state index contributed by atoms with van der Waals surface area (Å²) in [7, 11) is -2.90.